The molecule has 19 heteroatoms. The minimum atomic E-state index is -1.82. The predicted octanol–water partition coefficient (Wildman–Crippen LogP) is -7.07. The van der Waals surface area contributed by atoms with E-state index in [4.69, 9.17) is 53.3 Å². The molecule has 2 aliphatic heterocycles. The van der Waals surface area contributed by atoms with Gasteiger partial charge in [-0.15, -0.1) is 0 Å². The van der Waals surface area contributed by atoms with Crippen LogP contribution in [-0.2, 0) is 23.7 Å². The van der Waals surface area contributed by atoms with Crippen LogP contribution in [0.3, 0.4) is 0 Å². The number of amides is 1. The first-order valence-corrected chi connectivity index (χ1v) is 15.5. The van der Waals surface area contributed by atoms with E-state index in [1.54, 1.807) is 14.0 Å². The molecular weight excluding hydrogens is 610 g/mol. The number of carbonyl (C=O) groups excluding carboxylic acids is 1. The molecule has 0 aromatic rings. The molecule has 2 heterocycles. The van der Waals surface area contributed by atoms with E-state index in [2.05, 4.69) is 15.6 Å². The highest BCUT2D eigenvalue weighted by molar-refractivity contribution is 5.85. The van der Waals surface area contributed by atoms with Crippen LogP contribution in [0.1, 0.15) is 33.1 Å². The van der Waals surface area contributed by atoms with E-state index in [-0.39, 0.29) is 25.4 Å². The number of nitrogens with two attached hydrogens (primary N) is 6. The highest BCUT2D eigenvalue weighted by Crippen LogP contribution is 2.32. The Hall–Kier alpha value is -1.66. The molecule has 0 aromatic heterocycles. The third kappa shape index (κ3) is 9.27. The van der Waals surface area contributed by atoms with Crippen LogP contribution in [0.5, 0.6) is 0 Å². The second-order valence-electron chi connectivity index (χ2n) is 12.8. The second-order valence-corrected chi connectivity index (χ2v) is 12.8. The molecule has 19 nitrogen and oxygen atoms in total. The Morgan fingerprint density at radius 2 is 1.74 bits per heavy atom. The molecule has 0 bridgehead atoms. The second kappa shape index (κ2) is 16.6. The molecule has 7 unspecified atom stereocenters. The van der Waals surface area contributed by atoms with Gasteiger partial charge in [-0.25, -0.2) is 0 Å². The Morgan fingerprint density at radius 3 is 2.35 bits per heavy atom. The molecule has 1 amide bonds. The smallest absolute Gasteiger partial charge is 0.250 e. The maximum absolute atomic E-state index is 13.0. The summed E-state index contributed by atoms with van der Waals surface area (Å²) >= 11 is 0. The lowest BCUT2D eigenvalue weighted by atomic mass is 9.83. The van der Waals surface area contributed by atoms with E-state index in [1.807, 2.05) is 0 Å². The molecule has 2 saturated heterocycles. The van der Waals surface area contributed by atoms with Gasteiger partial charge in [0.1, 0.15) is 42.0 Å². The standard InChI is InChI=1S/C27H55N9O10/c1-10(28)23(33)35-7-11-4-5-12(29)25(44-11)45-20-13(30)6-15(36-24(41)17(38)16(32)14(31)8-37)21(18(20)39)46-26-19(40)22(34-3)27(2,42)9-43-26/h10-22,25-26,34,37-40,42H,4-9,28-32H2,1-3H3,(H2,33,35)(H,36,41)/t10?,11-,12?,13-,14-,15+,16-,17-,18?,19?,20?,21?,22+,25+,26+,27?/m0/s1. The molecule has 3 rings (SSSR count). The van der Waals surface area contributed by atoms with Crippen LogP contribution >= 0.6 is 0 Å². The fraction of sp³-hybridized carbons (Fsp3) is 0.926. The van der Waals surface area contributed by atoms with Crippen LogP contribution in [0.2, 0.25) is 0 Å². The lowest BCUT2D eigenvalue weighted by Crippen LogP contribution is -2.70. The van der Waals surface area contributed by atoms with E-state index >= 15 is 0 Å². The molecule has 0 radical (unpaired) electrons. The molecule has 3 aliphatic rings. The van der Waals surface area contributed by atoms with Crippen LogP contribution in [0.15, 0.2) is 4.99 Å². The van der Waals surface area contributed by atoms with Gasteiger partial charge in [0, 0.05) is 12.1 Å². The molecule has 268 valence electrons. The molecule has 19 N–H and O–H groups in total. The number of carbonyl (C=O) groups is 1. The van der Waals surface area contributed by atoms with Crippen LogP contribution < -0.4 is 45.0 Å². The Kier molecular flexibility index (Phi) is 14.0. The van der Waals surface area contributed by atoms with Crippen molar-refractivity contribution in [2.24, 2.45) is 39.4 Å². The predicted molar refractivity (Wildman–Crippen MR) is 165 cm³/mol. The maximum Gasteiger partial charge on any atom is 0.250 e. The largest absolute Gasteiger partial charge is 0.395 e. The summed E-state index contributed by atoms with van der Waals surface area (Å²) in [5.41, 5.74) is 34.5. The average molecular weight is 666 g/mol. The summed E-state index contributed by atoms with van der Waals surface area (Å²) in [5, 5.41) is 58.6. The molecule has 46 heavy (non-hydrogen) atoms. The number of aliphatic hydroxyl groups is 5. The van der Waals surface area contributed by atoms with Crippen molar-refractivity contribution in [3.63, 3.8) is 0 Å². The van der Waals surface area contributed by atoms with Gasteiger partial charge < -0.3 is 89.5 Å². The Labute approximate surface area is 268 Å². The maximum atomic E-state index is 13.0. The Balaban J connectivity index is 1.82. The number of nitrogens with zero attached hydrogens (tertiary/aromatic N) is 1. The zero-order valence-corrected chi connectivity index (χ0v) is 26.6. The number of aliphatic imine (C=N–C) groups is 1. The van der Waals surface area contributed by atoms with E-state index < -0.39 is 110 Å². The number of aliphatic hydroxyl groups excluding tert-OH is 4. The summed E-state index contributed by atoms with van der Waals surface area (Å²) < 4.78 is 24.0. The van der Waals surface area contributed by atoms with Gasteiger partial charge in [0.15, 0.2) is 12.6 Å². The highest BCUT2D eigenvalue weighted by Gasteiger charge is 2.52. The lowest BCUT2D eigenvalue weighted by Gasteiger charge is -2.49. The Bertz CT molecular complexity index is 1010. The van der Waals surface area contributed by atoms with E-state index in [0.29, 0.717) is 12.8 Å². The van der Waals surface area contributed by atoms with Crippen LogP contribution in [0, 0.1) is 0 Å². The van der Waals surface area contributed by atoms with E-state index in [0.717, 1.165) is 0 Å². The van der Waals surface area contributed by atoms with Gasteiger partial charge in [0.05, 0.1) is 56.1 Å². The number of rotatable bonds is 13. The van der Waals surface area contributed by atoms with Gasteiger partial charge in [-0.2, -0.15) is 0 Å². The van der Waals surface area contributed by atoms with Crippen molar-refractivity contribution in [3.8, 4) is 0 Å². The van der Waals surface area contributed by atoms with Crippen molar-refractivity contribution in [2.45, 2.75) is 130 Å². The zero-order valence-electron chi connectivity index (χ0n) is 26.6. The summed E-state index contributed by atoms with van der Waals surface area (Å²) in [6, 6.07) is -6.24. The molecule has 3 fully saturated rings. The first-order chi connectivity index (χ1) is 21.5. The minimum absolute atomic E-state index is 0.0390. The van der Waals surface area contributed by atoms with Crippen LogP contribution in [0.25, 0.3) is 0 Å². The number of hydrogen-bond donors (Lipinski definition) is 13. The van der Waals surface area contributed by atoms with E-state index in [1.165, 1.54) is 6.92 Å². The third-order valence-corrected chi connectivity index (χ3v) is 8.85. The monoisotopic (exact) mass is 665 g/mol. The first-order valence-electron chi connectivity index (χ1n) is 15.5. The number of nitrogens with one attached hydrogen (secondary N) is 2. The van der Waals surface area contributed by atoms with Crippen molar-refractivity contribution in [1.29, 1.82) is 0 Å². The SMILES string of the molecule is CN[C@@H]1C(O)[C@@H](OC2C(O)C(O[C@H]3O[C@H](CN=C(N)C(C)N)CCC3N)[C@@H](N)C[C@H]2NC(=O)[C@@H](O)[C@@H](N)[C@@H](N)CO)OCC1(C)O. The topological polar surface area (TPSA) is 348 Å². The summed E-state index contributed by atoms with van der Waals surface area (Å²) in [6.45, 7) is 2.60. The summed E-state index contributed by atoms with van der Waals surface area (Å²) in [5.74, 6) is -0.686. The number of amidine groups is 1. The average Bonchev–Trinajstić information content (AvgIpc) is 3.00. The number of likely N-dealkylation sites (N-methyl/N-ethyl adjacent to an activating group) is 1. The molecule has 16 atom stereocenters. The Morgan fingerprint density at radius 1 is 1.09 bits per heavy atom. The molecule has 0 aromatic carbocycles. The molecular formula is C27H55N9O10. The number of hydrogen-bond acceptors (Lipinski definition) is 17. The van der Waals surface area contributed by atoms with Crippen molar-refractivity contribution < 1.29 is 49.3 Å². The third-order valence-electron chi connectivity index (χ3n) is 8.85. The van der Waals surface area contributed by atoms with Crippen molar-refractivity contribution in [2.75, 3.05) is 26.8 Å². The van der Waals surface area contributed by atoms with Gasteiger partial charge in [-0.1, -0.05) is 0 Å². The fourth-order valence-corrected chi connectivity index (χ4v) is 5.90. The van der Waals surface area contributed by atoms with E-state index in [9.17, 15) is 30.3 Å². The molecule has 1 aliphatic carbocycles. The fourth-order valence-electron chi connectivity index (χ4n) is 5.90. The van der Waals surface area contributed by atoms with Crippen molar-refractivity contribution in [3.05, 3.63) is 0 Å². The minimum Gasteiger partial charge on any atom is -0.395 e. The van der Waals surface area contributed by atoms with Gasteiger partial charge >= 0.3 is 0 Å². The highest BCUT2D eigenvalue weighted by atomic mass is 16.7. The number of ether oxygens (including phenoxy) is 4. The first kappa shape index (κ1) is 38.8. The van der Waals surface area contributed by atoms with Crippen molar-refractivity contribution >= 4 is 11.7 Å². The van der Waals surface area contributed by atoms with Gasteiger partial charge in [0.2, 0.25) is 0 Å². The lowest BCUT2D eigenvalue weighted by molar-refractivity contribution is -0.307. The molecule has 0 spiro atoms. The normalized spacial score (nSPS) is 41.8. The van der Waals surface area contributed by atoms with Gasteiger partial charge in [-0.3, -0.25) is 9.79 Å². The summed E-state index contributed by atoms with van der Waals surface area (Å²) in [7, 11) is 1.55. The van der Waals surface area contributed by atoms with Crippen molar-refractivity contribution in [1.82, 2.24) is 10.6 Å². The molecule has 1 saturated carbocycles. The summed E-state index contributed by atoms with van der Waals surface area (Å²) in [6.07, 6.45) is -8.95. The van der Waals surface area contributed by atoms with Gasteiger partial charge in [0.25, 0.3) is 5.91 Å². The summed E-state index contributed by atoms with van der Waals surface area (Å²) in [4.78, 5) is 17.3. The quantitative estimate of drug-likeness (QED) is 0.0641. The van der Waals surface area contributed by atoms with Gasteiger partial charge in [-0.05, 0) is 40.2 Å². The van der Waals surface area contributed by atoms with Crippen LogP contribution in [-0.4, -0.2) is 161 Å². The zero-order chi connectivity index (χ0) is 34.5. The van der Waals surface area contributed by atoms with Crippen LogP contribution in [0.4, 0.5) is 0 Å².